The number of amides is 1. The molecule has 0 spiro atoms. The van der Waals surface area contributed by atoms with Gasteiger partial charge in [-0.1, -0.05) is 6.92 Å². The maximum absolute atomic E-state index is 12.7. The van der Waals surface area contributed by atoms with Crippen molar-refractivity contribution in [1.82, 2.24) is 14.9 Å². The van der Waals surface area contributed by atoms with Crippen LogP contribution in [0, 0.1) is 5.41 Å². The number of sulfonamides is 1. The largest absolute Gasteiger partial charge is 0.351 e. The predicted octanol–water partition coefficient (Wildman–Crippen LogP) is 1.65. The van der Waals surface area contributed by atoms with E-state index in [-0.39, 0.29) is 16.2 Å². The molecule has 3 rings (SSSR count). The Morgan fingerprint density at radius 2 is 2.00 bits per heavy atom. The van der Waals surface area contributed by atoms with Crippen LogP contribution in [0.4, 0.5) is 0 Å². The van der Waals surface area contributed by atoms with E-state index in [1.807, 2.05) is 0 Å². The summed E-state index contributed by atoms with van der Waals surface area (Å²) in [6.45, 7) is 5.76. The molecule has 1 aromatic heterocycles. The first-order chi connectivity index (χ1) is 11.4. The van der Waals surface area contributed by atoms with Gasteiger partial charge in [-0.05, 0) is 55.6 Å². The average molecular weight is 372 g/mol. The topological polar surface area (TPSA) is 78.5 Å². The molecule has 3 heterocycles. The number of carbonyl (C=O) groups excluding carboxylic acids is 1. The molecule has 2 aliphatic rings. The number of hydrogen-bond acceptors (Lipinski definition) is 5. The molecule has 0 unspecified atom stereocenters. The molecule has 24 heavy (non-hydrogen) atoms. The van der Waals surface area contributed by atoms with Crippen LogP contribution in [0.1, 0.15) is 42.3 Å². The number of piperidine rings is 1. The van der Waals surface area contributed by atoms with Crippen LogP contribution in [0.2, 0.25) is 0 Å². The maximum atomic E-state index is 12.7. The molecular formula is C16H25N3O3S2. The molecule has 2 saturated heterocycles. The molecule has 6 nitrogen and oxygen atoms in total. The van der Waals surface area contributed by atoms with Gasteiger partial charge in [-0.15, -0.1) is 11.3 Å². The fourth-order valence-corrected chi connectivity index (χ4v) is 6.15. The zero-order valence-corrected chi connectivity index (χ0v) is 15.6. The molecule has 8 heteroatoms. The van der Waals surface area contributed by atoms with Gasteiger partial charge in [0.1, 0.15) is 9.77 Å². The van der Waals surface area contributed by atoms with Crippen molar-refractivity contribution < 1.29 is 13.2 Å². The molecule has 1 amide bonds. The summed E-state index contributed by atoms with van der Waals surface area (Å²) >= 11 is 1.20. The first-order valence-corrected chi connectivity index (χ1v) is 10.8. The summed E-state index contributed by atoms with van der Waals surface area (Å²) in [6, 6.07) is 1.56. The molecule has 0 aliphatic carbocycles. The summed E-state index contributed by atoms with van der Waals surface area (Å²) in [5.74, 6) is -0.275. The van der Waals surface area contributed by atoms with Crippen molar-refractivity contribution in [3.05, 3.63) is 16.3 Å². The minimum Gasteiger partial charge on any atom is -0.351 e. The van der Waals surface area contributed by atoms with Crippen molar-refractivity contribution in [3.8, 4) is 0 Å². The Balaban J connectivity index is 1.71. The Hall–Kier alpha value is -0.960. The highest BCUT2D eigenvalue weighted by Gasteiger charge is 2.33. The predicted molar refractivity (Wildman–Crippen MR) is 94.9 cm³/mol. The van der Waals surface area contributed by atoms with Gasteiger partial charge in [-0.2, -0.15) is 4.31 Å². The van der Waals surface area contributed by atoms with E-state index in [0.717, 1.165) is 38.8 Å². The quantitative estimate of drug-likeness (QED) is 0.825. The van der Waals surface area contributed by atoms with Crippen LogP contribution in [-0.4, -0.2) is 51.4 Å². The SMILES string of the molecule is CC1(CNC(=O)c2sccc2S(=O)(=O)N2CCCC2)CCNCC1. The van der Waals surface area contributed by atoms with Gasteiger partial charge in [0, 0.05) is 19.6 Å². The minimum atomic E-state index is -3.56. The molecule has 0 atom stereocenters. The summed E-state index contributed by atoms with van der Waals surface area (Å²) in [5, 5.41) is 7.96. The number of nitrogens with zero attached hydrogens (tertiary/aromatic N) is 1. The van der Waals surface area contributed by atoms with E-state index in [0.29, 0.717) is 24.5 Å². The lowest BCUT2D eigenvalue weighted by molar-refractivity contribution is 0.0923. The summed E-state index contributed by atoms with van der Waals surface area (Å²) in [7, 11) is -3.56. The van der Waals surface area contributed by atoms with E-state index >= 15 is 0 Å². The third-order valence-corrected chi connectivity index (χ3v) is 7.99. The first-order valence-electron chi connectivity index (χ1n) is 8.49. The van der Waals surface area contributed by atoms with Crippen molar-refractivity contribution >= 4 is 27.3 Å². The van der Waals surface area contributed by atoms with Gasteiger partial charge in [0.25, 0.3) is 5.91 Å². The lowest BCUT2D eigenvalue weighted by Crippen LogP contribution is -2.43. The van der Waals surface area contributed by atoms with Gasteiger partial charge in [0.15, 0.2) is 0 Å². The van der Waals surface area contributed by atoms with E-state index in [1.54, 1.807) is 11.4 Å². The molecule has 0 saturated carbocycles. The van der Waals surface area contributed by atoms with Crippen LogP contribution in [-0.2, 0) is 10.0 Å². The lowest BCUT2D eigenvalue weighted by Gasteiger charge is -2.34. The highest BCUT2D eigenvalue weighted by atomic mass is 32.2. The third-order valence-electron chi connectivity index (χ3n) is 5.00. The number of nitrogens with one attached hydrogen (secondary N) is 2. The molecule has 0 bridgehead atoms. The standard InChI is InChI=1S/C16H25N3O3S2/c1-16(5-7-17-8-6-16)12-18-15(20)14-13(4-11-23-14)24(21,22)19-9-2-3-10-19/h4,11,17H,2-3,5-10,12H2,1H3,(H,18,20). The highest BCUT2D eigenvalue weighted by Crippen LogP contribution is 2.29. The molecule has 134 valence electrons. The normalized spacial score (nSPS) is 21.7. The van der Waals surface area contributed by atoms with Crippen molar-refractivity contribution in [2.24, 2.45) is 5.41 Å². The Labute approximate surface area is 147 Å². The van der Waals surface area contributed by atoms with Crippen LogP contribution in [0.15, 0.2) is 16.3 Å². The lowest BCUT2D eigenvalue weighted by atomic mass is 9.81. The van der Waals surface area contributed by atoms with E-state index in [9.17, 15) is 13.2 Å². The van der Waals surface area contributed by atoms with Crippen molar-refractivity contribution in [1.29, 1.82) is 0 Å². The van der Waals surface area contributed by atoms with Gasteiger partial charge in [-0.3, -0.25) is 4.79 Å². The summed E-state index contributed by atoms with van der Waals surface area (Å²) in [5.41, 5.74) is 0.0756. The number of thiophene rings is 1. The van der Waals surface area contributed by atoms with E-state index < -0.39 is 10.0 Å². The molecule has 0 radical (unpaired) electrons. The Kier molecular flexibility index (Phi) is 5.29. The van der Waals surface area contributed by atoms with Gasteiger partial charge in [-0.25, -0.2) is 8.42 Å². The number of carbonyl (C=O) groups is 1. The van der Waals surface area contributed by atoms with E-state index in [2.05, 4.69) is 17.6 Å². The monoisotopic (exact) mass is 371 g/mol. The molecule has 1 aromatic rings. The maximum Gasteiger partial charge on any atom is 0.262 e. The fraction of sp³-hybridized carbons (Fsp3) is 0.688. The van der Waals surface area contributed by atoms with Crippen LogP contribution in [0.3, 0.4) is 0 Å². The average Bonchev–Trinajstić information content (AvgIpc) is 3.25. The Bertz CT molecular complexity index is 687. The van der Waals surface area contributed by atoms with Gasteiger partial charge >= 0.3 is 0 Å². The second kappa shape index (κ2) is 7.11. The number of rotatable bonds is 5. The van der Waals surface area contributed by atoms with E-state index in [4.69, 9.17) is 0 Å². The van der Waals surface area contributed by atoms with Crippen LogP contribution < -0.4 is 10.6 Å². The minimum absolute atomic E-state index is 0.0756. The van der Waals surface area contributed by atoms with Crippen LogP contribution >= 0.6 is 11.3 Å². The number of hydrogen-bond donors (Lipinski definition) is 2. The Morgan fingerprint density at radius 1 is 1.33 bits per heavy atom. The van der Waals surface area contributed by atoms with Gasteiger partial charge in [0.2, 0.25) is 10.0 Å². The molecular weight excluding hydrogens is 346 g/mol. The van der Waals surface area contributed by atoms with Gasteiger partial charge in [0.05, 0.1) is 0 Å². The molecule has 2 N–H and O–H groups in total. The third kappa shape index (κ3) is 3.66. The second-order valence-electron chi connectivity index (χ2n) is 6.97. The van der Waals surface area contributed by atoms with Crippen LogP contribution in [0.25, 0.3) is 0 Å². The van der Waals surface area contributed by atoms with Crippen molar-refractivity contribution in [2.75, 3.05) is 32.7 Å². The Morgan fingerprint density at radius 3 is 2.67 bits per heavy atom. The first kappa shape index (κ1) is 17.8. The highest BCUT2D eigenvalue weighted by molar-refractivity contribution is 7.89. The zero-order chi connectivity index (χ0) is 17.2. The zero-order valence-electron chi connectivity index (χ0n) is 14.0. The van der Waals surface area contributed by atoms with Crippen molar-refractivity contribution in [2.45, 2.75) is 37.5 Å². The second-order valence-corrected chi connectivity index (χ2v) is 9.79. The smallest absolute Gasteiger partial charge is 0.262 e. The molecule has 2 fully saturated rings. The van der Waals surface area contributed by atoms with Crippen molar-refractivity contribution in [3.63, 3.8) is 0 Å². The summed E-state index contributed by atoms with van der Waals surface area (Å²) < 4.78 is 27.0. The van der Waals surface area contributed by atoms with Crippen LogP contribution in [0.5, 0.6) is 0 Å². The summed E-state index contributed by atoms with van der Waals surface area (Å²) in [4.78, 5) is 13.0. The molecule has 2 aliphatic heterocycles. The summed E-state index contributed by atoms with van der Waals surface area (Å²) in [6.07, 6.45) is 3.79. The fourth-order valence-electron chi connectivity index (χ4n) is 3.31. The van der Waals surface area contributed by atoms with Gasteiger partial charge < -0.3 is 10.6 Å². The van der Waals surface area contributed by atoms with E-state index in [1.165, 1.54) is 15.6 Å². The molecule has 0 aromatic carbocycles.